The molecule has 0 aromatic carbocycles. The van der Waals surface area contributed by atoms with Gasteiger partial charge in [-0.05, 0) is 69.2 Å². The number of fused-ring (bicyclic) bond motifs is 3. The summed E-state index contributed by atoms with van der Waals surface area (Å²) in [5.41, 5.74) is 0.456. The highest BCUT2D eigenvalue weighted by molar-refractivity contribution is 8.07. The maximum Gasteiger partial charge on any atom is 0.0853 e. The Kier molecular flexibility index (Phi) is 6.21. The number of thioether (sulfide) groups is 2. The highest BCUT2D eigenvalue weighted by Gasteiger charge is 2.61. The molecule has 0 bridgehead atoms. The van der Waals surface area contributed by atoms with Crippen molar-refractivity contribution in [3.63, 3.8) is 0 Å². The van der Waals surface area contributed by atoms with Gasteiger partial charge in [0.25, 0.3) is 0 Å². The first-order chi connectivity index (χ1) is 13.7. The van der Waals surface area contributed by atoms with Gasteiger partial charge in [-0.25, -0.2) is 0 Å². The van der Waals surface area contributed by atoms with E-state index in [4.69, 9.17) is 0 Å². The van der Waals surface area contributed by atoms with Crippen LogP contribution in [0.4, 0.5) is 0 Å². The summed E-state index contributed by atoms with van der Waals surface area (Å²) in [6.07, 6.45) is 10.0. The largest absolute Gasteiger partial charge is 0.131 e. The van der Waals surface area contributed by atoms with E-state index in [0.29, 0.717) is 5.41 Å². The molecule has 4 rings (SSSR count). The van der Waals surface area contributed by atoms with Crippen LogP contribution in [0.1, 0.15) is 47.0 Å². The third-order valence-electron chi connectivity index (χ3n) is 8.93. The lowest BCUT2D eigenvalue weighted by atomic mass is 9.66. The molecule has 2 heterocycles. The van der Waals surface area contributed by atoms with Gasteiger partial charge in [0, 0.05) is 10.5 Å². The van der Waals surface area contributed by atoms with Crippen LogP contribution in [0.2, 0.25) is 39.3 Å². The first-order valence-electron chi connectivity index (χ1n) is 12.5. The van der Waals surface area contributed by atoms with Crippen molar-refractivity contribution in [3.05, 3.63) is 21.2 Å². The molecule has 170 valence electrons. The lowest BCUT2D eigenvalue weighted by Gasteiger charge is -2.44. The Labute approximate surface area is 197 Å². The molecule has 4 heteroatoms. The van der Waals surface area contributed by atoms with E-state index >= 15 is 0 Å². The molecule has 0 aromatic rings. The predicted octanol–water partition coefficient (Wildman–Crippen LogP) is 8.70. The van der Waals surface area contributed by atoms with E-state index < -0.39 is 16.1 Å². The van der Waals surface area contributed by atoms with Crippen molar-refractivity contribution >= 4 is 39.7 Å². The molecule has 2 aliphatic carbocycles. The molecule has 0 spiro atoms. The average Bonchev–Trinajstić information content (AvgIpc) is 3.33. The van der Waals surface area contributed by atoms with Crippen molar-refractivity contribution in [1.29, 1.82) is 0 Å². The first kappa shape index (κ1) is 23.8. The second-order valence-electron chi connectivity index (χ2n) is 13.7. The van der Waals surface area contributed by atoms with Gasteiger partial charge in [-0.2, -0.15) is 0 Å². The van der Waals surface area contributed by atoms with E-state index in [2.05, 4.69) is 103 Å². The fraction of sp³-hybridized carbons (Fsp3) is 0.846. The molecule has 0 radical (unpaired) electrons. The molecule has 7 atom stereocenters. The smallest absolute Gasteiger partial charge is 0.0853 e. The fourth-order valence-electron chi connectivity index (χ4n) is 6.81. The van der Waals surface area contributed by atoms with Crippen molar-refractivity contribution in [2.75, 3.05) is 0 Å². The topological polar surface area (TPSA) is 0 Å². The van der Waals surface area contributed by atoms with E-state index in [-0.39, 0.29) is 0 Å². The van der Waals surface area contributed by atoms with E-state index in [9.17, 15) is 0 Å². The normalized spacial score (nSPS) is 39.4. The van der Waals surface area contributed by atoms with Crippen LogP contribution in [-0.2, 0) is 0 Å². The second kappa shape index (κ2) is 7.84. The van der Waals surface area contributed by atoms with Gasteiger partial charge in [-0.15, -0.1) is 23.5 Å². The van der Waals surface area contributed by atoms with Crippen molar-refractivity contribution < 1.29 is 0 Å². The standard InChI is InChI=1S/C26H46S2Si2/c1-16(2)17-11-12-18(13-17)26(3,4)23-24-19(14-21(27-24)29(5,6)7)20-15-22(28-25(20)23)30(8,9)10/h14-20,23-25H,11-13H2,1-10H3/t17-,18?,19+,20?,23?,24?,25?/m1/s1. The van der Waals surface area contributed by atoms with E-state index in [1.165, 1.54) is 19.3 Å². The maximum atomic E-state index is 2.80. The Morgan fingerprint density at radius 3 is 1.67 bits per heavy atom. The van der Waals surface area contributed by atoms with Gasteiger partial charge in [-0.3, -0.25) is 0 Å². The van der Waals surface area contributed by atoms with Crippen molar-refractivity contribution in [2.24, 2.45) is 40.9 Å². The van der Waals surface area contributed by atoms with Crippen LogP contribution >= 0.6 is 23.5 Å². The number of hydrogen-bond donors (Lipinski definition) is 0. The third-order valence-corrected chi connectivity index (χ3v) is 19.1. The van der Waals surface area contributed by atoms with E-state index in [0.717, 1.165) is 46.0 Å². The first-order valence-corrected chi connectivity index (χ1v) is 21.2. The van der Waals surface area contributed by atoms with Gasteiger partial charge in [0.05, 0.1) is 16.1 Å². The molecular formula is C26H46S2Si2. The lowest BCUT2D eigenvalue weighted by Crippen LogP contribution is -2.40. The lowest BCUT2D eigenvalue weighted by molar-refractivity contribution is 0.119. The Hall–Kier alpha value is 0.614. The van der Waals surface area contributed by atoms with Crippen molar-refractivity contribution in [2.45, 2.75) is 96.7 Å². The molecular weight excluding hydrogens is 433 g/mol. The zero-order chi connectivity index (χ0) is 22.2. The van der Waals surface area contributed by atoms with Crippen LogP contribution in [0.5, 0.6) is 0 Å². The molecule has 4 aliphatic rings. The van der Waals surface area contributed by atoms with Crippen LogP contribution in [-0.4, -0.2) is 26.6 Å². The van der Waals surface area contributed by atoms with Crippen LogP contribution in [0.25, 0.3) is 0 Å². The van der Waals surface area contributed by atoms with Gasteiger partial charge < -0.3 is 0 Å². The van der Waals surface area contributed by atoms with Crippen LogP contribution in [0.15, 0.2) is 21.2 Å². The minimum atomic E-state index is -1.23. The molecule has 0 saturated heterocycles. The zero-order valence-corrected chi connectivity index (χ0v) is 24.8. The summed E-state index contributed by atoms with van der Waals surface area (Å²) in [7, 11) is -2.46. The number of rotatable bonds is 5. The number of hydrogen-bond acceptors (Lipinski definition) is 2. The summed E-state index contributed by atoms with van der Waals surface area (Å²) in [6, 6.07) is 0. The molecule has 0 amide bonds. The SMILES string of the molecule is CC(C)[C@@H]1CCC(C(C)(C)C2C3SC([Si](C)(C)C)=CC3[C@@H]3C=C([Si](C)(C)C)SC23)C1. The summed E-state index contributed by atoms with van der Waals surface area (Å²) in [5, 5.41) is 1.67. The molecule has 30 heavy (non-hydrogen) atoms. The monoisotopic (exact) mass is 478 g/mol. The van der Waals surface area contributed by atoms with E-state index in [1.54, 1.807) is 0 Å². The summed E-state index contributed by atoms with van der Waals surface area (Å²) in [4.78, 5) is 0. The molecule has 0 aromatic heterocycles. The van der Waals surface area contributed by atoms with Gasteiger partial charge >= 0.3 is 0 Å². The highest BCUT2D eigenvalue weighted by Crippen LogP contribution is 2.67. The quantitative estimate of drug-likeness (QED) is 0.362. The molecule has 2 saturated carbocycles. The minimum absolute atomic E-state index is 0.456. The third kappa shape index (κ3) is 4.03. The average molecular weight is 479 g/mol. The predicted molar refractivity (Wildman–Crippen MR) is 146 cm³/mol. The zero-order valence-electron chi connectivity index (χ0n) is 21.2. The molecule has 2 fully saturated rings. The van der Waals surface area contributed by atoms with Gasteiger partial charge in [0.2, 0.25) is 0 Å². The van der Waals surface area contributed by atoms with Gasteiger partial charge in [0.15, 0.2) is 0 Å². The summed E-state index contributed by atoms with van der Waals surface area (Å²) in [5.74, 6) is 5.19. The van der Waals surface area contributed by atoms with Crippen molar-refractivity contribution in [1.82, 2.24) is 0 Å². The highest BCUT2D eigenvalue weighted by atomic mass is 32.2. The molecule has 0 nitrogen and oxygen atoms in total. The Morgan fingerprint density at radius 2 is 1.30 bits per heavy atom. The fourth-order valence-corrected chi connectivity index (χ4v) is 15.2. The summed E-state index contributed by atoms with van der Waals surface area (Å²) in [6.45, 7) is 25.6. The summed E-state index contributed by atoms with van der Waals surface area (Å²) < 4.78 is 3.62. The second-order valence-corrected chi connectivity index (χ2v) is 27.0. The van der Waals surface area contributed by atoms with Gasteiger partial charge in [-0.1, -0.05) is 79.1 Å². The Bertz CT molecular complexity index is 693. The molecule has 5 unspecified atom stereocenters. The van der Waals surface area contributed by atoms with Crippen LogP contribution < -0.4 is 0 Å². The maximum absolute atomic E-state index is 2.80. The molecule has 2 aliphatic heterocycles. The van der Waals surface area contributed by atoms with Crippen LogP contribution in [0.3, 0.4) is 0 Å². The van der Waals surface area contributed by atoms with Crippen molar-refractivity contribution in [3.8, 4) is 0 Å². The summed E-state index contributed by atoms with van der Waals surface area (Å²) >= 11 is 4.69. The minimum Gasteiger partial charge on any atom is -0.131 e. The Morgan fingerprint density at radius 1 is 0.833 bits per heavy atom. The molecule has 0 N–H and O–H groups in total. The van der Waals surface area contributed by atoms with Gasteiger partial charge in [0.1, 0.15) is 0 Å². The Balaban J connectivity index is 1.67. The van der Waals surface area contributed by atoms with Crippen LogP contribution in [0, 0.1) is 40.9 Å². The van der Waals surface area contributed by atoms with E-state index in [1.807, 2.05) is 9.06 Å². The number of allylic oxidation sites excluding steroid dienone is 2.